The van der Waals surface area contributed by atoms with Crippen LogP contribution < -0.4 is 10.3 Å². The maximum absolute atomic E-state index is 12.6. The van der Waals surface area contributed by atoms with E-state index in [1.807, 2.05) is 0 Å². The van der Waals surface area contributed by atoms with Gasteiger partial charge < -0.3 is 5.11 Å². The van der Waals surface area contributed by atoms with Crippen molar-refractivity contribution >= 4 is 50.1 Å². The summed E-state index contributed by atoms with van der Waals surface area (Å²) in [5, 5.41) is 10.1. The van der Waals surface area contributed by atoms with Crippen molar-refractivity contribution in [1.82, 2.24) is 4.68 Å². The fourth-order valence-corrected chi connectivity index (χ4v) is 3.69. The van der Waals surface area contributed by atoms with E-state index in [1.54, 1.807) is 24.3 Å². The molecule has 1 heterocycles. The van der Waals surface area contributed by atoms with Crippen molar-refractivity contribution in [3.05, 3.63) is 79.6 Å². The Morgan fingerprint density at radius 1 is 1.21 bits per heavy atom. The summed E-state index contributed by atoms with van der Waals surface area (Å²) < 4.78 is 24.2. The third-order valence-corrected chi connectivity index (χ3v) is 5.38. The highest BCUT2D eigenvalue weighted by Gasteiger charge is 2.17. The Morgan fingerprint density at radius 3 is 2.57 bits per heavy atom. The smallest absolute Gasteiger partial charge is 0.341 e. The molecule has 7 nitrogen and oxygen atoms in total. The van der Waals surface area contributed by atoms with Gasteiger partial charge in [-0.05, 0) is 35.7 Å². The Labute approximate surface area is 170 Å². The van der Waals surface area contributed by atoms with Gasteiger partial charge in [-0.2, -0.15) is 0 Å². The van der Waals surface area contributed by atoms with Gasteiger partial charge in [-0.15, -0.1) is 0 Å². The number of benzene rings is 2. The van der Waals surface area contributed by atoms with E-state index in [0.717, 1.165) is 22.7 Å². The van der Waals surface area contributed by atoms with Crippen molar-refractivity contribution in [2.24, 2.45) is 0 Å². The number of carboxylic acids is 1. The molecule has 1 aromatic heterocycles. The molecule has 0 aliphatic heterocycles. The first kappa shape index (κ1) is 20.2. The number of carbonyl (C=O) groups is 1. The van der Waals surface area contributed by atoms with Gasteiger partial charge in [-0.3, -0.25) is 9.47 Å². The van der Waals surface area contributed by atoms with Crippen LogP contribution in [0.25, 0.3) is 10.9 Å². The topological polar surface area (TPSA) is 105 Å². The number of hydrogen-bond donors (Lipinski definition) is 2. The third kappa shape index (κ3) is 4.14. The number of nitrogens with one attached hydrogen (secondary N) is 1. The van der Waals surface area contributed by atoms with E-state index in [2.05, 4.69) is 4.83 Å². The zero-order valence-corrected chi connectivity index (χ0v) is 16.8. The lowest BCUT2D eigenvalue weighted by atomic mass is 10.0. The lowest BCUT2D eigenvalue weighted by Gasteiger charge is -2.14. The number of aromatic carboxylic acids is 1. The lowest BCUT2D eigenvalue weighted by Crippen LogP contribution is -2.27. The van der Waals surface area contributed by atoms with Gasteiger partial charge in [-0.25, -0.2) is 18.0 Å². The molecule has 0 spiro atoms. The van der Waals surface area contributed by atoms with E-state index >= 15 is 0 Å². The van der Waals surface area contributed by atoms with Gasteiger partial charge in [0.05, 0.1) is 21.8 Å². The Kier molecular flexibility index (Phi) is 5.38. The zero-order valence-electron chi connectivity index (χ0n) is 14.4. The van der Waals surface area contributed by atoms with Gasteiger partial charge in [0.2, 0.25) is 15.5 Å². The number of pyridine rings is 1. The number of hydrogen-bond acceptors (Lipinski definition) is 4. The van der Waals surface area contributed by atoms with Crippen molar-refractivity contribution in [3.8, 4) is 0 Å². The average Bonchev–Trinajstić information content (AvgIpc) is 2.60. The Balaban J connectivity index is 2.19. The quantitative estimate of drug-likeness (QED) is 0.633. The molecule has 0 unspecified atom stereocenters. The third-order valence-electron chi connectivity index (χ3n) is 3.99. The molecule has 3 rings (SSSR count). The average molecular weight is 441 g/mol. The van der Waals surface area contributed by atoms with Crippen LogP contribution in [0, 0.1) is 0 Å². The maximum atomic E-state index is 12.6. The zero-order chi connectivity index (χ0) is 20.6. The molecule has 2 aromatic carbocycles. The minimum Gasteiger partial charge on any atom is -0.477 e. The highest BCUT2D eigenvalue weighted by Crippen LogP contribution is 2.28. The fourth-order valence-electron chi connectivity index (χ4n) is 2.80. The second-order valence-electron chi connectivity index (χ2n) is 6.15. The standard InChI is InChI=1S/C18H14Cl2N2O5S/c1-28(26,27)21-22-9-13(18(24)25)17(23)12-8-10(5-6-15(12)22)7-11-3-2-4-14(19)16(11)20/h2-6,8-9,21H,7H2,1H3,(H,24,25). The molecule has 0 radical (unpaired) electrons. The molecule has 0 aliphatic carbocycles. The van der Waals surface area contributed by atoms with E-state index in [1.165, 1.54) is 12.1 Å². The summed E-state index contributed by atoms with van der Waals surface area (Å²) in [6.45, 7) is 0. The highest BCUT2D eigenvalue weighted by molar-refractivity contribution is 7.91. The number of rotatable bonds is 5. The Hall–Kier alpha value is -2.55. The summed E-state index contributed by atoms with van der Waals surface area (Å²) in [5.74, 6) is -1.46. The molecule has 28 heavy (non-hydrogen) atoms. The van der Waals surface area contributed by atoms with Crippen LogP contribution in [-0.2, 0) is 16.4 Å². The summed E-state index contributed by atoms with van der Waals surface area (Å²) in [7, 11) is -3.71. The first-order valence-corrected chi connectivity index (χ1v) is 10.5. The molecule has 0 fully saturated rings. The summed E-state index contributed by atoms with van der Waals surface area (Å²) in [5.41, 5.74) is 0.371. The molecule has 0 aliphatic rings. The van der Waals surface area contributed by atoms with E-state index < -0.39 is 27.0 Å². The molecular formula is C18H14Cl2N2O5S. The van der Waals surface area contributed by atoms with Crippen LogP contribution in [0.5, 0.6) is 0 Å². The van der Waals surface area contributed by atoms with Crippen molar-refractivity contribution < 1.29 is 18.3 Å². The van der Waals surface area contributed by atoms with E-state index in [9.17, 15) is 23.1 Å². The predicted molar refractivity (Wildman–Crippen MR) is 109 cm³/mol. The van der Waals surface area contributed by atoms with Crippen molar-refractivity contribution in [1.29, 1.82) is 0 Å². The van der Waals surface area contributed by atoms with E-state index in [4.69, 9.17) is 23.2 Å². The SMILES string of the molecule is CS(=O)(=O)Nn1cc(C(=O)O)c(=O)c2cc(Cc3cccc(Cl)c3Cl)ccc21. The van der Waals surface area contributed by atoms with Gasteiger partial charge in [0, 0.05) is 11.6 Å². The molecule has 2 N–H and O–H groups in total. The molecular weight excluding hydrogens is 427 g/mol. The second kappa shape index (κ2) is 7.46. The maximum Gasteiger partial charge on any atom is 0.341 e. The van der Waals surface area contributed by atoms with Crippen molar-refractivity contribution in [2.45, 2.75) is 6.42 Å². The van der Waals surface area contributed by atoms with Crippen molar-refractivity contribution in [2.75, 3.05) is 11.1 Å². The Morgan fingerprint density at radius 2 is 1.93 bits per heavy atom. The van der Waals surface area contributed by atoms with Crippen LogP contribution in [0.4, 0.5) is 0 Å². The second-order valence-corrected chi connectivity index (χ2v) is 8.66. The molecule has 146 valence electrons. The largest absolute Gasteiger partial charge is 0.477 e. The Bertz CT molecular complexity index is 1270. The predicted octanol–water partition coefficient (Wildman–Crippen LogP) is 3.10. The summed E-state index contributed by atoms with van der Waals surface area (Å²) in [4.78, 5) is 26.2. The number of fused-ring (bicyclic) bond motifs is 1. The van der Waals surface area contributed by atoms with Gasteiger partial charge in [0.25, 0.3) is 0 Å². The molecule has 10 heteroatoms. The molecule has 0 saturated carbocycles. The van der Waals surface area contributed by atoms with Gasteiger partial charge in [0.1, 0.15) is 5.56 Å². The van der Waals surface area contributed by atoms with Crippen molar-refractivity contribution in [3.63, 3.8) is 0 Å². The molecule has 0 bridgehead atoms. The van der Waals surface area contributed by atoms with Crippen LogP contribution in [-0.4, -0.2) is 30.4 Å². The lowest BCUT2D eigenvalue weighted by molar-refractivity contribution is 0.0695. The monoisotopic (exact) mass is 440 g/mol. The van der Waals surface area contributed by atoms with Crippen LogP contribution >= 0.6 is 23.2 Å². The van der Waals surface area contributed by atoms with Crippen LogP contribution in [0.3, 0.4) is 0 Å². The fraction of sp³-hybridized carbons (Fsp3) is 0.111. The molecule has 0 atom stereocenters. The number of nitrogens with zero attached hydrogens (tertiary/aromatic N) is 1. The van der Waals surface area contributed by atoms with Crippen LogP contribution in [0.15, 0.2) is 47.4 Å². The molecule has 0 saturated heterocycles. The first-order chi connectivity index (χ1) is 13.1. The number of sulfonamides is 1. The van der Waals surface area contributed by atoms with Crippen LogP contribution in [0.1, 0.15) is 21.5 Å². The number of carboxylic acid groups (broad SMARTS) is 1. The minimum absolute atomic E-state index is 0.0618. The van der Waals surface area contributed by atoms with E-state index in [0.29, 0.717) is 22.0 Å². The summed E-state index contributed by atoms with van der Waals surface area (Å²) >= 11 is 12.2. The normalized spacial score (nSPS) is 11.5. The minimum atomic E-state index is -3.71. The number of halogens is 2. The number of aromatic nitrogens is 1. The van der Waals surface area contributed by atoms with Crippen LogP contribution in [0.2, 0.25) is 10.0 Å². The van der Waals surface area contributed by atoms with E-state index in [-0.39, 0.29) is 10.9 Å². The summed E-state index contributed by atoms with van der Waals surface area (Å²) in [6, 6.07) is 9.93. The highest BCUT2D eigenvalue weighted by atomic mass is 35.5. The van der Waals surface area contributed by atoms with Gasteiger partial charge in [-0.1, -0.05) is 41.4 Å². The summed E-state index contributed by atoms with van der Waals surface area (Å²) in [6.07, 6.45) is 2.22. The van der Waals surface area contributed by atoms with Gasteiger partial charge in [0.15, 0.2) is 0 Å². The molecule has 3 aromatic rings. The van der Waals surface area contributed by atoms with Gasteiger partial charge >= 0.3 is 5.97 Å². The first-order valence-electron chi connectivity index (χ1n) is 7.89. The molecule has 0 amide bonds.